The second-order valence-electron chi connectivity index (χ2n) is 10.0. The molecule has 2 heterocycles. The van der Waals surface area contributed by atoms with E-state index < -0.39 is 0 Å². The third-order valence-electron chi connectivity index (χ3n) is 7.46. The lowest BCUT2D eigenvalue weighted by molar-refractivity contribution is 0.0383. The van der Waals surface area contributed by atoms with Gasteiger partial charge in [0.2, 0.25) is 5.78 Å². The van der Waals surface area contributed by atoms with E-state index in [1.165, 1.54) is 35.7 Å². The van der Waals surface area contributed by atoms with Crippen LogP contribution in [0.3, 0.4) is 0 Å². The van der Waals surface area contributed by atoms with E-state index >= 15 is 0 Å². The Kier molecular flexibility index (Phi) is 11.1. The molecular formula is C29H37N7O3. The van der Waals surface area contributed by atoms with Crippen LogP contribution >= 0.6 is 0 Å². The Morgan fingerprint density at radius 1 is 1.21 bits per heavy atom. The minimum Gasteiger partial charge on any atom is -0.379 e. The molecule has 1 saturated heterocycles. The van der Waals surface area contributed by atoms with Crippen molar-refractivity contribution >= 4 is 11.4 Å². The van der Waals surface area contributed by atoms with E-state index in [1.807, 2.05) is 6.07 Å². The highest BCUT2D eigenvalue weighted by Crippen LogP contribution is 2.35. The van der Waals surface area contributed by atoms with E-state index in [2.05, 4.69) is 49.2 Å². The smallest absolute Gasteiger partial charge is 0.202 e. The van der Waals surface area contributed by atoms with Gasteiger partial charge in [0.05, 0.1) is 32.6 Å². The Morgan fingerprint density at radius 2 is 2.03 bits per heavy atom. The SMILES string of the molecule is N#Cc1cnc(C(=O)Cc2ccc(C3CCN(CCOCCOCCN=[N+]=[N-])CC3)cc2C2=CCCCC2)[nH]1. The van der Waals surface area contributed by atoms with Gasteiger partial charge in [0, 0.05) is 24.4 Å². The van der Waals surface area contributed by atoms with Crippen molar-refractivity contribution in [1.82, 2.24) is 14.9 Å². The van der Waals surface area contributed by atoms with Crippen LogP contribution in [-0.4, -0.2) is 73.3 Å². The predicted molar refractivity (Wildman–Crippen MR) is 148 cm³/mol. The summed E-state index contributed by atoms with van der Waals surface area (Å²) in [5.41, 5.74) is 13.5. The summed E-state index contributed by atoms with van der Waals surface area (Å²) in [6.45, 7) is 5.47. The van der Waals surface area contributed by atoms with Crippen molar-refractivity contribution in [3.05, 3.63) is 69.1 Å². The summed E-state index contributed by atoms with van der Waals surface area (Å²) in [5, 5.41) is 12.5. The monoisotopic (exact) mass is 531 g/mol. The summed E-state index contributed by atoms with van der Waals surface area (Å²) < 4.78 is 11.1. The number of imidazole rings is 1. The van der Waals surface area contributed by atoms with Gasteiger partial charge in [-0.3, -0.25) is 4.79 Å². The molecule has 1 N–H and O–H groups in total. The Bertz CT molecular complexity index is 1220. The number of ether oxygens (including phenoxy) is 2. The first-order valence-electron chi connectivity index (χ1n) is 13.9. The highest BCUT2D eigenvalue weighted by atomic mass is 16.5. The number of Topliss-reactive ketones (excluding diaryl/α,β-unsaturated/α-hetero) is 1. The van der Waals surface area contributed by atoms with Crippen LogP contribution in [0.25, 0.3) is 16.0 Å². The van der Waals surface area contributed by atoms with Crippen molar-refractivity contribution in [2.45, 2.75) is 50.9 Å². The minimum absolute atomic E-state index is 0.0999. The zero-order chi connectivity index (χ0) is 27.3. The number of nitriles is 1. The van der Waals surface area contributed by atoms with Gasteiger partial charge in [0.15, 0.2) is 5.82 Å². The average molecular weight is 532 g/mol. The van der Waals surface area contributed by atoms with Crippen molar-refractivity contribution < 1.29 is 14.3 Å². The Morgan fingerprint density at radius 3 is 2.74 bits per heavy atom. The van der Waals surface area contributed by atoms with Gasteiger partial charge in [-0.15, -0.1) is 0 Å². The number of ketones is 1. The van der Waals surface area contributed by atoms with Crippen LogP contribution in [0.4, 0.5) is 0 Å². The second kappa shape index (κ2) is 15.2. The number of nitrogens with zero attached hydrogens (tertiary/aromatic N) is 6. The summed E-state index contributed by atoms with van der Waals surface area (Å²) in [7, 11) is 0. The molecule has 1 fully saturated rings. The van der Waals surface area contributed by atoms with Crippen LogP contribution < -0.4 is 0 Å². The first kappa shape index (κ1) is 28.5. The number of nitrogens with one attached hydrogen (secondary N) is 1. The lowest BCUT2D eigenvalue weighted by atomic mass is 9.83. The molecule has 206 valence electrons. The highest BCUT2D eigenvalue weighted by molar-refractivity contribution is 5.95. The fraction of sp³-hybridized carbons (Fsp3) is 0.552. The zero-order valence-electron chi connectivity index (χ0n) is 22.5. The summed E-state index contributed by atoms with van der Waals surface area (Å²) in [6.07, 6.45) is 10.7. The van der Waals surface area contributed by atoms with Gasteiger partial charge in [-0.1, -0.05) is 29.4 Å². The Balaban J connectivity index is 1.30. The first-order chi connectivity index (χ1) is 19.2. The molecule has 0 atom stereocenters. The van der Waals surface area contributed by atoms with Gasteiger partial charge in [-0.05, 0) is 85.3 Å². The van der Waals surface area contributed by atoms with E-state index in [9.17, 15) is 4.79 Å². The molecule has 1 aromatic heterocycles. The van der Waals surface area contributed by atoms with Crippen molar-refractivity contribution in [2.75, 3.05) is 52.6 Å². The average Bonchev–Trinajstić information content (AvgIpc) is 3.47. The standard InChI is InChI=1S/C29H37N7O3/c30-20-26-21-32-29(34-26)28(37)19-25-7-6-24(18-27(25)23-4-2-1-3-5-23)22-8-11-36(12-9-22)13-15-39-17-16-38-14-10-33-35-31/h4,6-7,18,21-22H,1-3,5,8-17,19H2,(H,32,34). The molecule has 39 heavy (non-hydrogen) atoms. The lowest BCUT2D eigenvalue weighted by Gasteiger charge is -2.32. The Labute approximate surface area is 229 Å². The summed E-state index contributed by atoms with van der Waals surface area (Å²) >= 11 is 0. The molecule has 2 aliphatic rings. The number of azide groups is 1. The van der Waals surface area contributed by atoms with Crippen LogP contribution in [0, 0.1) is 11.3 Å². The van der Waals surface area contributed by atoms with Gasteiger partial charge in [-0.2, -0.15) is 5.26 Å². The van der Waals surface area contributed by atoms with Crippen molar-refractivity contribution in [3.63, 3.8) is 0 Å². The molecule has 10 heteroatoms. The third kappa shape index (κ3) is 8.50. The molecule has 0 amide bonds. The predicted octanol–water partition coefficient (Wildman–Crippen LogP) is 5.19. The van der Waals surface area contributed by atoms with E-state index in [4.69, 9.17) is 20.3 Å². The van der Waals surface area contributed by atoms with Crippen LogP contribution in [-0.2, 0) is 15.9 Å². The molecule has 1 aliphatic heterocycles. The molecule has 0 bridgehead atoms. The highest BCUT2D eigenvalue weighted by Gasteiger charge is 2.23. The molecule has 0 saturated carbocycles. The second-order valence-corrected chi connectivity index (χ2v) is 10.0. The van der Waals surface area contributed by atoms with Gasteiger partial charge in [0.25, 0.3) is 0 Å². The molecule has 0 spiro atoms. The topological polar surface area (TPSA) is 140 Å². The Hall–Kier alpha value is -3.48. The molecule has 0 unspecified atom stereocenters. The number of hydrogen-bond acceptors (Lipinski definition) is 7. The molecule has 10 nitrogen and oxygen atoms in total. The maximum absolute atomic E-state index is 12.9. The van der Waals surface area contributed by atoms with Crippen LogP contribution in [0.5, 0.6) is 0 Å². The molecule has 4 rings (SSSR count). The van der Waals surface area contributed by atoms with Crippen LogP contribution in [0.15, 0.2) is 35.6 Å². The van der Waals surface area contributed by atoms with E-state index in [0.29, 0.717) is 44.6 Å². The molecule has 2 aromatic rings. The molecular weight excluding hydrogens is 494 g/mol. The normalized spacial score (nSPS) is 16.3. The largest absolute Gasteiger partial charge is 0.379 e. The van der Waals surface area contributed by atoms with Gasteiger partial charge < -0.3 is 19.4 Å². The lowest BCUT2D eigenvalue weighted by Crippen LogP contribution is -2.35. The number of benzene rings is 1. The fourth-order valence-electron chi connectivity index (χ4n) is 5.32. The number of likely N-dealkylation sites (tertiary alicyclic amines) is 1. The van der Waals surface area contributed by atoms with Crippen molar-refractivity contribution in [2.24, 2.45) is 5.11 Å². The minimum atomic E-state index is -0.0999. The zero-order valence-corrected chi connectivity index (χ0v) is 22.5. The van der Waals surface area contributed by atoms with Gasteiger partial charge in [-0.25, -0.2) is 4.98 Å². The summed E-state index contributed by atoms with van der Waals surface area (Å²) in [5.74, 6) is 0.646. The van der Waals surface area contributed by atoms with Gasteiger partial charge >= 0.3 is 0 Å². The summed E-state index contributed by atoms with van der Waals surface area (Å²) in [4.78, 5) is 25.0. The number of hydrogen-bond donors (Lipinski definition) is 1. The number of H-pyrrole nitrogens is 1. The van der Waals surface area contributed by atoms with E-state index in [0.717, 1.165) is 50.9 Å². The third-order valence-corrected chi connectivity index (χ3v) is 7.46. The van der Waals surface area contributed by atoms with Crippen LogP contribution in [0.2, 0.25) is 0 Å². The quantitative estimate of drug-likeness (QED) is 0.117. The number of allylic oxidation sites excluding steroid dienone is 2. The number of piperidine rings is 1. The number of carbonyl (C=O) groups excluding carboxylic acids is 1. The van der Waals surface area contributed by atoms with E-state index in [-0.39, 0.29) is 18.0 Å². The van der Waals surface area contributed by atoms with Gasteiger partial charge in [0.1, 0.15) is 11.8 Å². The fourth-order valence-corrected chi connectivity index (χ4v) is 5.32. The van der Waals surface area contributed by atoms with Crippen molar-refractivity contribution in [3.8, 4) is 6.07 Å². The van der Waals surface area contributed by atoms with Crippen molar-refractivity contribution in [1.29, 1.82) is 5.26 Å². The number of carbonyl (C=O) groups is 1. The number of aromatic amines is 1. The maximum atomic E-state index is 12.9. The molecule has 1 aliphatic carbocycles. The first-order valence-corrected chi connectivity index (χ1v) is 13.9. The number of aromatic nitrogens is 2. The summed E-state index contributed by atoms with van der Waals surface area (Å²) in [6, 6.07) is 8.65. The molecule has 0 radical (unpaired) electrons. The maximum Gasteiger partial charge on any atom is 0.202 e. The molecule has 1 aromatic carbocycles. The van der Waals surface area contributed by atoms with Crippen LogP contribution in [0.1, 0.15) is 77.4 Å². The van der Waals surface area contributed by atoms with E-state index in [1.54, 1.807) is 0 Å². The number of rotatable bonds is 14.